The first kappa shape index (κ1) is 19.9. The van der Waals surface area contributed by atoms with E-state index in [-0.39, 0.29) is 20.6 Å². The standard InChI is InChI=1S/C19H19N3O4S3/c23-28(24,22-19-20-11-12-27-19)17-9-6-16(7-10-17)21-29(25,26)18-8-5-14-3-1-2-4-15(14)13-18/h5-13,21H,1-4H2,(H,20,22). The zero-order chi connectivity index (χ0) is 20.5. The molecule has 10 heteroatoms. The zero-order valence-corrected chi connectivity index (χ0v) is 17.8. The number of thiazole rings is 1. The highest BCUT2D eigenvalue weighted by atomic mass is 32.2. The van der Waals surface area contributed by atoms with Crippen molar-refractivity contribution < 1.29 is 16.8 Å². The van der Waals surface area contributed by atoms with Gasteiger partial charge in [-0.05, 0) is 73.2 Å². The van der Waals surface area contributed by atoms with Crippen molar-refractivity contribution in [3.63, 3.8) is 0 Å². The molecule has 0 saturated carbocycles. The van der Waals surface area contributed by atoms with Gasteiger partial charge in [0.25, 0.3) is 20.0 Å². The predicted octanol–water partition coefficient (Wildman–Crippen LogP) is 3.62. The first-order chi connectivity index (χ1) is 13.8. The molecule has 3 aromatic rings. The number of fused-ring (bicyclic) bond motifs is 1. The fourth-order valence-corrected chi connectivity index (χ4v) is 6.14. The van der Waals surface area contributed by atoms with E-state index in [9.17, 15) is 16.8 Å². The van der Waals surface area contributed by atoms with E-state index in [0.29, 0.717) is 0 Å². The molecule has 2 aromatic carbocycles. The molecule has 29 heavy (non-hydrogen) atoms. The third kappa shape index (κ3) is 4.44. The maximum Gasteiger partial charge on any atom is 0.263 e. The van der Waals surface area contributed by atoms with Crippen LogP contribution in [0.3, 0.4) is 0 Å². The van der Waals surface area contributed by atoms with Crippen LogP contribution < -0.4 is 9.44 Å². The summed E-state index contributed by atoms with van der Waals surface area (Å²) in [5, 5.41) is 1.93. The monoisotopic (exact) mass is 449 g/mol. The van der Waals surface area contributed by atoms with Crippen LogP contribution in [0.4, 0.5) is 10.8 Å². The molecule has 4 rings (SSSR count). The summed E-state index contributed by atoms with van der Waals surface area (Å²) in [6, 6.07) is 10.8. The summed E-state index contributed by atoms with van der Waals surface area (Å²) in [4.78, 5) is 4.12. The summed E-state index contributed by atoms with van der Waals surface area (Å²) >= 11 is 1.17. The van der Waals surface area contributed by atoms with Crippen LogP contribution in [-0.4, -0.2) is 21.8 Å². The van der Waals surface area contributed by atoms with Gasteiger partial charge in [-0.1, -0.05) is 6.07 Å². The van der Waals surface area contributed by atoms with Gasteiger partial charge in [-0.15, -0.1) is 11.3 Å². The number of hydrogen-bond donors (Lipinski definition) is 2. The molecule has 0 amide bonds. The van der Waals surface area contributed by atoms with Gasteiger partial charge in [0, 0.05) is 17.3 Å². The Labute approximate surface area is 173 Å². The summed E-state index contributed by atoms with van der Waals surface area (Å²) < 4.78 is 55.1. The van der Waals surface area contributed by atoms with Crippen LogP contribution in [-0.2, 0) is 32.9 Å². The third-order valence-corrected chi connectivity index (χ3v) is 8.25. The van der Waals surface area contributed by atoms with Gasteiger partial charge in [-0.25, -0.2) is 21.8 Å². The van der Waals surface area contributed by atoms with Gasteiger partial charge in [0.1, 0.15) is 0 Å². The SMILES string of the molecule is O=S(=O)(Nc1ccc(S(=O)(=O)Nc2nccs2)cc1)c1ccc2c(c1)CCCC2. The van der Waals surface area contributed by atoms with E-state index in [1.165, 1.54) is 47.4 Å². The van der Waals surface area contributed by atoms with Crippen molar-refractivity contribution in [2.24, 2.45) is 0 Å². The second-order valence-electron chi connectivity index (χ2n) is 6.71. The Hall–Kier alpha value is -2.43. The Balaban J connectivity index is 1.52. The lowest BCUT2D eigenvalue weighted by Gasteiger charge is -2.17. The van der Waals surface area contributed by atoms with Crippen LogP contribution in [0.1, 0.15) is 24.0 Å². The molecule has 1 aromatic heterocycles. The van der Waals surface area contributed by atoms with Gasteiger partial charge >= 0.3 is 0 Å². The van der Waals surface area contributed by atoms with Crippen molar-refractivity contribution in [3.8, 4) is 0 Å². The van der Waals surface area contributed by atoms with E-state index in [0.717, 1.165) is 31.2 Å². The maximum atomic E-state index is 12.7. The summed E-state index contributed by atoms with van der Waals surface area (Å²) in [7, 11) is -7.55. The molecule has 0 unspecified atom stereocenters. The molecule has 0 radical (unpaired) electrons. The average Bonchev–Trinajstić information content (AvgIpc) is 3.20. The molecule has 0 bridgehead atoms. The molecule has 0 aliphatic heterocycles. The van der Waals surface area contributed by atoms with Crippen LogP contribution in [0, 0.1) is 0 Å². The van der Waals surface area contributed by atoms with Gasteiger partial charge in [-0.2, -0.15) is 0 Å². The van der Waals surface area contributed by atoms with Gasteiger partial charge < -0.3 is 0 Å². The van der Waals surface area contributed by atoms with Crippen molar-refractivity contribution in [1.29, 1.82) is 0 Å². The van der Waals surface area contributed by atoms with Gasteiger partial charge in [0.15, 0.2) is 5.13 Å². The smallest absolute Gasteiger partial charge is 0.263 e. The number of aryl methyl sites for hydroxylation is 2. The number of nitrogens with zero attached hydrogens (tertiary/aromatic N) is 1. The number of aromatic nitrogens is 1. The Morgan fingerprint density at radius 2 is 1.45 bits per heavy atom. The Bertz CT molecular complexity index is 1220. The molecular weight excluding hydrogens is 430 g/mol. The topological polar surface area (TPSA) is 105 Å². The molecule has 7 nitrogen and oxygen atoms in total. The van der Waals surface area contributed by atoms with Crippen LogP contribution in [0.15, 0.2) is 63.8 Å². The van der Waals surface area contributed by atoms with E-state index in [1.807, 2.05) is 6.07 Å². The number of sulfonamides is 2. The first-order valence-corrected chi connectivity index (χ1v) is 12.9. The second-order valence-corrected chi connectivity index (χ2v) is 11.0. The lowest BCUT2D eigenvalue weighted by atomic mass is 9.92. The van der Waals surface area contributed by atoms with Crippen molar-refractivity contribution in [1.82, 2.24) is 4.98 Å². The van der Waals surface area contributed by atoms with Crippen molar-refractivity contribution in [2.75, 3.05) is 9.44 Å². The molecule has 1 aliphatic carbocycles. The highest BCUT2D eigenvalue weighted by Gasteiger charge is 2.19. The van der Waals surface area contributed by atoms with E-state index >= 15 is 0 Å². The predicted molar refractivity (Wildman–Crippen MR) is 113 cm³/mol. The molecule has 0 atom stereocenters. The van der Waals surface area contributed by atoms with E-state index < -0.39 is 20.0 Å². The summed E-state index contributed by atoms with van der Waals surface area (Å²) in [5.41, 5.74) is 2.57. The van der Waals surface area contributed by atoms with Gasteiger partial charge in [-0.3, -0.25) is 9.44 Å². The molecule has 0 saturated heterocycles. The Kier molecular flexibility index (Phi) is 5.32. The fourth-order valence-electron chi connectivity index (χ4n) is 3.24. The lowest BCUT2D eigenvalue weighted by Crippen LogP contribution is -2.15. The molecule has 2 N–H and O–H groups in total. The normalized spacial score (nSPS) is 14.2. The quantitative estimate of drug-likeness (QED) is 0.598. The minimum atomic E-state index is -3.79. The summed E-state index contributed by atoms with van der Waals surface area (Å²) in [6.07, 6.45) is 5.56. The molecule has 0 spiro atoms. The van der Waals surface area contributed by atoms with Crippen LogP contribution in [0.2, 0.25) is 0 Å². The van der Waals surface area contributed by atoms with Crippen LogP contribution in [0.25, 0.3) is 0 Å². The molecule has 1 heterocycles. The van der Waals surface area contributed by atoms with Crippen molar-refractivity contribution in [2.45, 2.75) is 35.5 Å². The molecule has 1 aliphatic rings. The number of hydrogen-bond acceptors (Lipinski definition) is 6. The first-order valence-electron chi connectivity index (χ1n) is 9.00. The maximum absolute atomic E-state index is 12.7. The molecule has 152 valence electrons. The van der Waals surface area contributed by atoms with Crippen molar-refractivity contribution >= 4 is 42.2 Å². The minimum Gasteiger partial charge on any atom is -0.280 e. The van der Waals surface area contributed by atoms with Crippen molar-refractivity contribution in [3.05, 3.63) is 65.2 Å². The Morgan fingerprint density at radius 3 is 2.14 bits per heavy atom. The fraction of sp³-hybridized carbons (Fsp3) is 0.211. The highest BCUT2D eigenvalue weighted by molar-refractivity contribution is 7.93. The Morgan fingerprint density at radius 1 is 0.793 bits per heavy atom. The summed E-state index contributed by atoms with van der Waals surface area (Å²) in [6.45, 7) is 0. The summed E-state index contributed by atoms with van der Waals surface area (Å²) in [5.74, 6) is 0. The minimum absolute atomic E-state index is 0.0180. The number of anilines is 2. The van der Waals surface area contributed by atoms with E-state index in [4.69, 9.17) is 0 Å². The van der Waals surface area contributed by atoms with Gasteiger partial charge in [0.05, 0.1) is 9.79 Å². The van der Waals surface area contributed by atoms with E-state index in [2.05, 4.69) is 14.4 Å². The van der Waals surface area contributed by atoms with E-state index in [1.54, 1.807) is 17.5 Å². The highest BCUT2D eigenvalue weighted by Crippen LogP contribution is 2.26. The zero-order valence-electron chi connectivity index (χ0n) is 15.3. The molecular formula is C19H19N3O4S3. The molecule has 0 fully saturated rings. The van der Waals surface area contributed by atoms with Crippen LogP contribution >= 0.6 is 11.3 Å². The number of benzene rings is 2. The average molecular weight is 450 g/mol. The number of rotatable bonds is 6. The van der Waals surface area contributed by atoms with Crippen LogP contribution in [0.5, 0.6) is 0 Å². The third-order valence-electron chi connectivity index (χ3n) is 4.70. The van der Waals surface area contributed by atoms with Gasteiger partial charge in [0.2, 0.25) is 0 Å². The number of nitrogens with one attached hydrogen (secondary N) is 2. The largest absolute Gasteiger partial charge is 0.280 e. The second kappa shape index (κ2) is 7.77. The lowest BCUT2D eigenvalue weighted by molar-refractivity contribution is 0.599.